The zero-order valence-corrected chi connectivity index (χ0v) is 19.5. The highest BCUT2D eigenvalue weighted by Crippen LogP contribution is 2.30. The van der Waals surface area contributed by atoms with Crippen molar-refractivity contribution in [3.05, 3.63) is 51.7 Å². The van der Waals surface area contributed by atoms with E-state index >= 15 is 0 Å². The van der Waals surface area contributed by atoms with E-state index in [1.54, 1.807) is 6.07 Å². The number of unbranched alkanes of at least 4 members (excludes halogenated alkanes) is 3. The maximum Gasteiger partial charge on any atom is 0.348 e. The number of benzene rings is 1. The number of carbonyl (C=O) groups excluding carboxylic acids is 1. The van der Waals surface area contributed by atoms with Crippen molar-refractivity contribution in [2.75, 3.05) is 25.2 Å². The van der Waals surface area contributed by atoms with Crippen molar-refractivity contribution in [1.82, 2.24) is 0 Å². The van der Waals surface area contributed by atoms with E-state index < -0.39 is 0 Å². The number of ether oxygens (including phenoxy) is 2. The van der Waals surface area contributed by atoms with Crippen LogP contribution in [0.3, 0.4) is 0 Å². The zero-order valence-electron chi connectivity index (χ0n) is 17.9. The SMILES string of the molecule is CCCCCCc1ccc(N2CC[C@@H](Cl)[C@@H]2COCc2ccc(C(=O)OC)s2)cc1. The van der Waals surface area contributed by atoms with Gasteiger partial charge in [0.15, 0.2) is 0 Å². The third-order valence-corrected chi connectivity index (χ3v) is 7.18. The van der Waals surface area contributed by atoms with Crippen molar-refractivity contribution in [3.8, 4) is 0 Å². The summed E-state index contributed by atoms with van der Waals surface area (Å²) in [6, 6.07) is 12.8. The highest BCUT2D eigenvalue weighted by Gasteiger charge is 2.33. The molecular formula is C24H32ClNO3S. The number of alkyl halides is 1. The van der Waals surface area contributed by atoms with E-state index in [-0.39, 0.29) is 17.4 Å². The molecule has 2 heterocycles. The van der Waals surface area contributed by atoms with Gasteiger partial charge in [-0.15, -0.1) is 22.9 Å². The molecule has 2 aromatic rings. The molecule has 1 aromatic heterocycles. The molecule has 4 nitrogen and oxygen atoms in total. The average Bonchev–Trinajstić information content (AvgIpc) is 3.38. The summed E-state index contributed by atoms with van der Waals surface area (Å²) >= 11 is 8.03. The molecule has 0 spiro atoms. The minimum Gasteiger partial charge on any atom is -0.465 e. The molecule has 0 unspecified atom stereocenters. The van der Waals surface area contributed by atoms with Crippen molar-refractivity contribution in [2.45, 2.75) is 63.5 Å². The van der Waals surface area contributed by atoms with Gasteiger partial charge in [-0.2, -0.15) is 0 Å². The van der Waals surface area contributed by atoms with Gasteiger partial charge in [-0.25, -0.2) is 4.79 Å². The van der Waals surface area contributed by atoms with E-state index in [2.05, 4.69) is 36.1 Å². The largest absolute Gasteiger partial charge is 0.465 e. The molecule has 0 bridgehead atoms. The van der Waals surface area contributed by atoms with Gasteiger partial charge in [-0.05, 0) is 49.1 Å². The predicted octanol–water partition coefficient (Wildman–Crippen LogP) is 6.06. The van der Waals surface area contributed by atoms with Gasteiger partial charge in [-0.3, -0.25) is 0 Å². The van der Waals surface area contributed by atoms with Crippen LogP contribution in [0.4, 0.5) is 5.69 Å². The number of methoxy groups -OCH3 is 1. The monoisotopic (exact) mass is 449 g/mol. The third-order valence-electron chi connectivity index (χ3n) is 5.63. The molecule has 0 aliphatic carbocycles. The molecule has 1 aliphatic rings. The van der Waals surface area contributed by atoms with Crippen LogP contribution in [-0.4, -0.2) is 37.6 Å². The molecule has 1 fully saturated rings. The summed E-state index contributed by atoms with van der Waals surface area (Å²) in [5, 5.41) is 0.0766. The van der Waals surface area contributed by atoms with Crippen molar-refractivity contribution in [1.29, 1.82) is 0 Å². The summed E-state index contributed by atoms with van der Waals surface area (Å²) in [6.07, 6.45) is 7.27. The van der Waals surface area contributed by atoms with E-state index in [1.807, 2.05) is 6.07 Å². The second-order valence-electron chi connectivity index (χ2n) is 7.82. The lowest BCUT2D eigenvalue weighted by atomic mass is 10.1. The van der Waals surface area contributed by atoms with Gasteiger partial charge < -0.3 is 14.4 Å². The fraction of sp³-hybridized carbons (Fsp3) is 0.542. The Labute approximate surface area is 189 Å². The Morgan fingerprint density at radius 2 is 1.97 bits per heavy atom. The minimum absolute atomic E-state index is 0.0766. The molecule has 30 heavy (non-hydrogen) atoms. The molecular weight excluding hydrogens is 418 g/mol. The molecule has 1 aliphatic heterocycles. The number of carbonyl (C=O) groups is 1. The zero-order chi connectivity index (χ0) is 21.3. The minimum atomic E-state index is -0.303. The highest BCUT2D eigenvalue weighted by molar-refractivity contribution is 7.13. The Morgan fingerprint density at radius 3 is 2.70 bits per heavy atom. The van der Waals surface area contributed by atoms with E-state index in [9.17, 15) is 4.79 Å². The Bertz CT molecular complexity index is 792. The fourth-order valence-electron chi connectivity index (χ4n) is 3.89. The molecule has 164 valence electrons. The molecule has 1 aromatic carbocycles. The lowest BCUT2D eigenvalue weighted by molar-refractivity contribution is 0.0606. The van der Waals surface area contributed by atoms with E-state index in [0.29, 0.717) is 18.1 Å². The van der Waals surface area contributed by atoms with E-state index in [0.717, 1.165) is 24.3 Å². The van der Waals surface area contributed by atoms with Crippen LogP contribution < -0.4 is 4.90 Å². The van der Waals surface area contributed by atoms with Crippen LogP contribution in [0.1, 0.15) is 59.1 Å². The lowest BCUT2D eigenvalue weighted by Gasteiger charge is -2.28. The van der Waals surface area contributed by atoms with E-state index in [4.69, 9.17) is 21.1 Å². The Hall–Kier alpha value is -1.56. The third kappa shape index (κ3) is 6.22. The first-order valence-corrected chi connectivity index (χ1v) is 12.1. The van der Waals surface area contributed by atoms with Gasteiger partial charge in [0.05, 0.1) is 31.7 Å². The molecule has 1 saturated heterocycles. The van der Waals surface area contributed by atoms with Gasteiger partial charge >= 0.3 is 5.97 Å². The second kappa shape index (κ2) is 11.7. The highest BCUT2D eigenvalue weighted by atomic mass is 35.5. The normalized spacial score (nSPS) is 18.7. The lowest BCUT2D eigenvalue weighted by Crippen LogP contribution is -2.37. The summed E-state index contributed by atoms with van der Waals surface area (Å²) < 4.78 is 10.7. The number of thiophene rings is 1. The number of hydrogen-bond acceptors (Lipinski definition) is 5. The fourth-order valence-corrected chi connectivity index (χ4v) is 5.06. The van der Waals surface area contributed by atoms with Gasteiger partial charge in [0.1, 0.15) is 4.88 Å². The van der Waals surface area contributed by atoms with Crippen molar-refractivity contribution >= 4 is 34.6 Å². The maximum atomic E-state index is 11.6. The Morgan fingerprint density at radius 1 is 1.17 bits per heavy atom. The van der Waals surface area contributed by atoms with Crippen LogP contribution in [0.15, 0.2) is 36.4 Å². The first kappa shape index (κ1) is 23.1. The van der Waals surface area contributed by atoms with Crippen LogP contribution in [-0.2, 0) is 22.5 Å². The number of anilines is 1. The molecule has 2 atom stereocenters. The number of aryl methyl sites for hydroxylation is 1. The van der Waals surface area contributed by atoms with Crippen LogP contribution in [0, 0.1) is 0 Å². The van der Waals surface area contributed by atoms with Crippen LogP contribution >= 0.6 is 22.9 Å². The number of rotatable bonds is 11. The first-order valence-electron chi connectivity index (χ1n) is 10.9. The van der Waals surface area contributed by atoms with Crippen LogP contribution in [0.5, 0.6) is 0 Å². The molecule has 3 rings (SSSR count). The van der Waals surface area contributed by atoms with Crippen molar-refractivity contribution in [2.24, 2.45) is 0 Å². The Balaban J connectivity index is 1.52. The number of esters is 1. The quantitative estimate of drug-likeness (QED) is 0.237. The Kier molecular flexibility index (Phi) is 9.04. The van der Waals surface area contributed by atoms with E-state index in [1.165, 1.54) is 55.4 Å². The molecule has 0 radical (unpaired) electrons. The van der Waals surface area contributed by atoms with Crippen molar-refractivity contribution < 1.29 is 14.3 Å². The van der Waals surface area contributed by atoms with Crippen molar-refractivity contribution in [3.63, 3.8) is 0 Å². The van der Waals surface area contributed by atoms with Crippen LogP contribution in [0.2, 0.25) is 0 Å². The molecule has 6 heteroatoms. The summed E-state index contributed by atoms with van der Waals surface area (Å²) in [5.74, 6) is -0.303. The molecule has 0 N–H and O–H groups in total. The van der Waals surface area contributed by atoms with Gasteiger partial charge in [0.2, 0.25) is 0 Å². The molecule has 0 amide bonds. The molecule has 0 saturated carbocycles. The smallest absolute Gasteiger partial charge is 0.348 e. The number of nitrogens with zero attached hydrogens (tertiary/aromatic N) is 1. The topological polar surface area (TPSA) is 38.8 Å². The average molecular weight is 450 g/mol. The number of halogens is 1. The van der Waals surface area contributed by atoms with Gasteiger partial charge in [0.25, 0.3) is 0 Å². The van der Waals surface area contributed by atoms with Gasteiger partial charge in [-0.1, -0.05) is 38.3 Å². The number of hydrogen-bond donors (Lipinski definition) is 0. The first-order chi connectivity index (χ1) is 14.6. The maximum absolute atomic E-state index is 11.6. The predicted molar refractivity (Wildman–Crippen MR) is 125 cm³/mol. The standard InChI is InChI=1S/C24H32ClNO3S/c1-3-4-5-6-7-18-8-10-19(11-9-18)26-15-14-21(25)22(26)17-29-16-20-12-13-23(30-20)24(27)28-2/h8-13,21-22H,3-7,14-17H2,1-2H3/t21-,22+/m1/s1. The summed E-state index contributed by atoms with van der Waals surface area (Å²) in [4.78, 5) is 15.6. The summed E-state index contributed by atoms with van der Waals surface area (Å²) in [7, 11) is 1.40. The van der Waals surface area contributed by atoms with Gasteiger partial charge in [0, 0.05) is 17.1 Å². The van der Waals surface area contributed by atoms with Crippen LogP contribution in [0.25, 0.3) is 0 Å². The summed E-state index contributed by atoms with van der Waals surface area (Å²) in [6.45, 7) is 4.24. The summed E-state index contributed by atoms with van der Waals surface area (Å²) in [5.41, 5.74) is 2.62. The second-order valence-corrected chi connectivity index (χ2v) is 9.54.